The van der Waals surface area contributed by atoms with Gasteiger partial charge in [0, 0.05) is 23.6 Å². The molecule has 2 nitrogen and oxygen atoms in total. The van der Waals surface area contributed by atoms with Crippen LogP contribution in [0.4, 0.5) is 5.69 Å². The lowest BCUT2D eigenvalue weighted by molar-refractivity contribution is 0.423. The fourth-order valence-corrected chi connectivity index (χ4v) is 3.26. The molecule has 1 aromatic carbocycles. The van der Waals surface area contributed by atoms with Gasteiger partial charge in [0.05, 0.1) is 5.69 Å². The van der Waals surface area contributed by atoms with Crippen molar-refractivity contribution in [3.63, 3.8) is 0 Å². The van der Waals surface area contributed by atoms with Crippen molar-refractivity contribution < 1.29 is 0 Å². The Bertz CT molecular complexity index is 415. The Morgan fingerprint density at radius 1 is 1.33 bits per heavy atom. The molecule has 2 rings (SSSR count). The second kappa shape index (κ2) is 5.62. The first kappa shape index (κ1) is 13.9. The number of hydrogen-bond donors (Lipinski definition) is 1. The first-order valence-electron chi connectivity index (χ1n) is 6.79. The summed E-state index contributed by atoms with van der Waals surface area (Å²) in [5.41, 5.74) is 8.41. The van der Waals surface area contributed by atoms with Crippen molar-refractivity contribution in [2.45, 2.75) is 33.2 Å². The first-order chi connectivity index (χ1) is 8.49. The zero-order valence-electron chi connectivity index (χ0n) is 11.5. The molecule has 0 radical (unpaired) electrons. The largest absolute Gasteiger partial charge is 0.370 e. The Labute approximate surface area is 119 Å². The Hall–Kier alpha value is -0.540. The van der Waals surface area contributed by atoms with Gasteiger partial charge in [0.1, 0.15) is 0 Å². The van der Waals surface area contributed by atoms with Gasteiger partial charge in [-0.3, -0.25) is 0 Å². The van der Waals surface area contributed by atoms with Gasteiger partial charge in [-0.25, -0.2) is 0 Å². The fourth-order valence-electron chi connectivity index (χ4n) is 2.61. The van der Waals surface area contributed by atoms with E-state index in [-0.39, 0.29) is 6.04 Å². The van der Waals surface area contributed by atoms with Crippen molar-refractivity contribution in [3.8, 4) is 0 Å². The predicted molar refractivity (Wildman–Crippen MR) is 81.9 cm³/mol. The van der Waals surface area contributed by atoms with Gasteiger partial charge >= 0.3 is 0 Å². The lowest BCUT2D eigenvalue weighted by Crippen LogP contribution is -2.21. The van der Waals surface area contributed by atoms with E-state index in [1.54, 1.807) is 0 Å². The SMILES string of the molecule is CC(C)C1CCN(c2ccc([C@@H](C)N)cc2Br)C1. The average molecular weight is 311 g/mol. The molecule has 0 saturated carbocycles. The summed E-state index contributed by atoms with van der Waals surface area (Å²) in [6.45, 7) is 9.00. The van der Waals surface area contributed by atoms with E-state index in [0.29, 0.717) is 0 Å². The highest BCUT2D eigenvalue weighted by Crippen LogP contribution is 2.34. The maximum absolute atomic E-state index is 5.91. The second-order valence-electron chi connectivity index (χ2n) is 5.74. The Morgan fingerprint density at radius 3 is 2.56 bits per heavy atom. The van der Waals surface area contributed by atoms with Crippen LogP contribution in [0.2, 0.25) is 0 Å². The summed E-state index contributed by atoms with van der Waals surface area (Å²) in [5.74, 6) is 1.60. The maximum Gasteiger partial charge on any atom is 0.0510 e. The Balaban J connectivity index is 2.15. The summed E-state index contributed by atoms with van der Waals surface area (Å²) >= 11 is 3.69. The van der Waals surface area contributed by atoms with Crippen LogP contribution in [0.5, 0.6) is 0 Å². The molecule has 2 N–H and O–H groups in total. The van der Waals surface area contributed by atoms with Crippen molar-refractivity contribution in [1.82, 2.24) is 0 Å². The minimum Gasteiger partial charge on any atom is -0.370 e. The molecule has 0 amide bonds. The highest BCUT2D eigenvalue weighted by Gasteiger charge is 2.26. The zero-order valence-corrected chi connectivity index (χ0v) is 13.1. The molecule has 2 atom stereocenters. The lowest BCUT2D eigenvalue weighted by atomic mass is 9.95. The standard InChI is InChI=1S/C15H23BrN2/c1-10(2)13-6-7-18(9-13)15-5-4-12(11(3)17)8-14(15)16/h4-5,8,10-11,13H,6-7,9,17H2,1-3H3/t11-,13?/m1/s1. The highest BCUT2D eigenvalue weighted by atomic mass is 79.9. The monoisotopic (exact) mass is 310 g/mol. The maximum atomic E-state index is 5.91. The molecular weight excluding hydrogens is 288 g/mol. The van der Waals surface area contributed by atoms with Crippen molar-refractivity contribution in [2.75, 3.05) is 18.0 Å². The third kappa shape index (κ3) is 2.89. The van der Waals surface area contributed by atoms with Gasteiger partial charge in [0.15, 0.2) is 0 Å². The van der Waals surface area contributed by atoms with Crippen LogP contribution in [0.1, 0.15) is 38.8 Å². The topological polar surface area (TPSA) is 29.3 Å². The molecule has 0 aromatic heterocycles. The van der Waals surface area contributed by atoms with Gasteiger partial charge in [-0.05, 0) is 58.8 Å². The number of nitrogens with two attached hydrogens (primary N) is 1. The number of halogens is 1. The van der Waals surface area contributed by atoms with Crippen LogP contribution in [0.25, 0.3) is 0 Å². The molecule has 18 heavy (non-hydrogen) atoms. The van der Waals surface area contributed by atoms with Crippen molar-refractivity contribution >= 4 is 21.6 Å². The van der Waals surface area contributed by atoms with Crippen LogP contribution >= 0.6 is 15.9 Å². The van der Waals surface area contributed by atoms with Crippen molar-refractivity contribution in [1.29, 1.82) is 0 Å². The molecule has 1 heterocycles. The molecule has 0 spiro atoms. The van der Waals surface area contributed by atoms with E-state index >= 15 is 0 Å². The smallest absolute Gasteiger partial charge is 0.0510 e. The minimum atomic E-state index is 0.0948. The molecule has 3 heteroatoms. The zero-order chi connectivity index (χ0) is 13.3. The predicted octanol–water partition coefficient (Wildman–Crippen LogP) is 3.95. The van der Waals surface area contributed by atoms with Crippen LogP contribution in [0, 0.1) is 11.8 Å². The average Bonchev–Trinajstić information content (AvgIpc) is 2.78. The number of benzene rings is 1. The van der Waals surface area contributed by atoms with Crippen LogP contribution in [-0.2, 0) is 0 Å². The van der Waals surface area contributed by atoms with Crippen LogP contribution in [0.3, 0.4) is 0 Å². The van der Waals surface area contributed by atoms with E-state index in [9.17, 15) is 0 Å². The normalized spacial score (nSPS) is 21.7. The summed E-state index contributed by atoms with van der Waals surface area (Å²) in [7, 11) is 0. The summed E-state index contributed by atoms with van der Waals surface area (Å²) < 4.78 is 1.17. The summed E-state index contributed by atoms with van der Waals surface area (Å²) in [4.78, 5) is 2.49. The molecule has 0 bridgehead atoms. The van der Waals surface area contributed by atoms with E-state index in [1.807, 2.05) is 6.92 Å². The summed E-state index contributed by atoms with van der Waals surface area (Å²) in [6.07, 6.45) is 1.30. The highest BCUT2D eigenvalue weighted by molar-refractivity contribution is 9.10. The molecule has 1 fully saturated rings. The van der Waals surface area contributed by atoms with Gasteiger partial charge in [-0.1, -0.05) is 19.9 Å². The van der Waals surface area contributed by atoms with Crippen LogP contribution in [-0.4, -0.2) is 13.1 Å². The van der Waals surface area contributed by atoms with E-state index in [1.165, 1.54) is 35.2 Å². The Kier molecular flexibility index (Phi) is 4.33. The Morgan fingerprint density at radius 2 is 2.06 bits per heavy atom. The third-order valence-corrected chi connectivity index (χ3v) is 4.64. The molecule has 100 valence electrons. The van der Waals surface area contributed by atoms with Gasteiger partial charge in [0.2, 0.25) is 0 Å². The quantitative estimate of drug-likeness (QED) is 0.916. The second-order valence-corrected chi connectivity index (χ2v) is 6.59. The number of anilines is 1. The molecule has 1 aromatic rings. The van der Waals surface area contributed by atoms with Gasteiger partial charge in [0.25, 0.3) is 0 Å². The third-order valence-electron chi connectivity index (χ3n) is 4.01. The molecule has 1 saturated heterocycles. The van der Waals surface area contributed by atoms with Crippen molar-refractivity contribution in [2.24, 2.45) is 17.6 Å². The van der Waals surface area contributed by atoms with E-state index in [0.717, 1.165) is 11.8 Å². The van der Waals surface area contributed by atoms with Gasteiger partial charge in [-0.15, -0.1) is 0 Å². The first-order valence-corrected chi connectivity index (χ1v) is 7.58. The lowest BCUT2D eigenvalue weighted by Gasteiger charge is -2.22. The van der Waals surface area contributed by atoms with E-state index in [2.05, 4.69) is 52.9 Å². The molecule has 1 aliphatic rings. The van der Waals surface area contributed by atoms with Gasteiger partial charge in [-0.2, -0.15) is 0 Å². The summed E-state index contributed by atoms with van der Waals surface area (Å²) in [6, 6.07) is 6.60. The number of hydrogen-bond acceptors (Lipinski definition) is 2. The number of rotatable bonds is 3. The van der Waals surface area contributed by atoms with E-state index < -0.39 is 0 Å². The molecular formula is C15H23BrN2. The fraction of sp³-hybridized carbons (Fsp3) is 0.600. The van der Waals surface area contributed by atoms with Crippen LogP contribution < -0.4 is 10.6 Å². The number of nitrogens with zero attached hydrogens (tertiary/aromatic N) is 1. The molecule has 1 unspecified atom stereocenters. The molecule has 1 aliphatic heterocycles. The summed E-state index contributed by atoms with van der Waals surface area (Å²) in [5, 5.41) is 0. The van der Waals surface area contributed by atoms with Crippen LogP contribution in [0.15, 0.2) is 22.7 Å². The van der Waals surface area contributed by atoms with Gasteiger partial charge < -0.3 is 10.6 Å². The van der Waals surface area contributed by atoms with E-state index in [4.69, 9.17) is 5.73 Å². The molecule has 0 aliphatic carbocycles. The minimum absolute atomic E-state index is 0.0948. The van der Waals surface area contributed by atoms with Crippen molar-refractivity contribution in [3.05, 3.63) is 28.2 Å².